The molecule has 0 bridgehead atoms. The van der Waals surface area contributed by atoms with Gasteiger partial charge in [-0.25, -0.2) is 4.98 Å². The molecule has 5 nitrogen and oxygen atoms in total. The highest BCUT2D eigenvalue weighted by atomic mass is 16.3. The summed E-state index contributed by atoms with van der Waals surface area (Å²) in [7, 11) is 0. The molecule has 0 saturated heterocycles. The van der Waals surface area contributed by atoms with Crippen LogP contribution in [-0.2, 0) is 0 Å². The first-order valence-corrected chi connectivity index (χ1v) is 6.52. The van der Waals surface area contributed by atoms with Crippen LogP contribution in [0.4, 0.5) is 11.8 Å². The van der Waals surface area contributed by atoms with Crippen molar-refractivity contribution in [2.24, 2.45) is 0 Å². The van der Waals surface area contributed by atoms with Gasteiger partial charge in [-0.2, -0.15) is 4.98 Å². The van der Waals surface area contributed by atoms with Crippen LogP contribution in [0.1, 0.15) is 39.3 Å². The number of nitrogens with one attached hydrogen (secondary N) is 2. The minimum atomic E-state index is -0.702. The monoisotopic (exact) mass is 252 g/mol. The van der Waals surface area contributed by atoms with E-state index >= 15 is 0 Å². The van der Waals surface area contributed by atoms with Gasteiger partial charge in [-0.3, -0.25) is 0 Å². The van der Waals surface area contributed by atoms with E-state index in [2.05, 4.69) is 27.5 Å². The Balaban J connectivity index is 2.66. The molecule has 5 heteroatoms. The van der Waals surface area contributed by atoms with Crippen LogP contribution in [0.5, 0.6) is 0 Å². The Morgan fingerprint density at radius 2 is 2.00 bits per heavy atom. The molecule has 3 N–H and O–H groups in total. The summed E-state index contributed by atoms with van der Waals surface area (Å²) in [6.07, 6.45) is 1.73. The summed E-state index contributed by atoms with van der Waals surface area (Å²) in [5, 5.41) is 16.4. The molecule has 0 aromatic carbocycles. The molecule has 1 heterocycles. The highest BCUT2D eigenvalue weighted by molar-refractivity contribution is 5.42. The van der Waals surface area contributed by atoms with E-state index in [0.29, 0.717) is 12.5 Å². The van der Waals surface area contributed by atoms with E-state index in [1.54, 1.807) is 0 Å². The van der Waals surface area contributed by atoms with Gasteiger partial charge in [0, 0.05) is 24.8 Å². The number of rotatable bonds is 7. The maximum Gasteiger partial charge on any atom is 0.224 e. The molecule has 0 radical (unpaired) electrons. The number of hydrogen-bond acceptors (Lipinski definition) is 5. The fraction of sp³-hybridized carbons (Fsp3) is 0.692. The zero-order valence-electron chi connectivity index (χ0n) is 11.7. The molecule has 1 atom stereocenters. The van der Waals surface area contributed by atoms with Crippen LogP contribution in [0.2, 0.25) is 0 Å². The normalized spacial score (nSPS) is 14.1. The molecular weight excluding hydrogens is 228 g/mol. The van der Waals surface area contributed by atoms with Gasteiger partial charge in [0.05, 0.1) is 5.60 Å². The third kappa shape index (κ3) is 4.87. The van der Waals surface area contributed by atoms with Crippen molar-refractivity contribution in [2.45, 2.75) is 46.1 Å². The largest absolute Gasteiger partial charge is 0.388 e. The van der Waals surface area contributed by atoms with Gasteiger partial charge < -0.3 is 15.7 Å². The summed E-state index contributed by atoms with van der Waals surface area (Å²) in [6.45, 7) is 9.11. The average molecular weight is 252 g/mol. The molecule has 1 rings (SSSR count). The van der Waals surface area contributed by atoms with E-state index in [-0.39, 0.29) is 0 Å². The van der Waals surface area contributed by atoms with Crippen LogP contribution in [0.25, 0.3) is 0 Å². The summed E-state index contributed by atoms with van der Waals surface area (Å²) >= 11 is 0. The van der Waals surface area contributed by atoms with Crippen LogP contribution >= 0.6 is 0 Å². The van der Waals surface area contributed by atoms with Crippen molar-refractivity contribution >= 4 is 11.8 Å². The zero-order chi connectivity index (χ0) is 13.6. The standard InChI is InChI=1S/C13H24N4O/c1-5-7-13(4,18)9-15-11-8-10(3)16-12(17-11)14-6-2/h8,18H,5-7,9H2,1-4H3,(H2,14,15,16,17). The lowest BCUT2D eigenvalue weighted by atomic mass is 10.0. The fourth-order valence-corrected chi connectivity index (χ4v) is 1.80. The first kappa shape index (κ1) is 14.7. The van der Waals surface area contributed by atoms with Gasteiger partial charge in [-0.05, 0) is 27.2 Å². The predicted octanol–water partition coefficient (Wildman–Crippen LogP) is 2.18. The van der Waals surface area contributed by atoms with Gasteiger partial charge in [0.15, 0.2) is 0 Å². The molecule has 0 aliphatic heterocycles. The van der Waals surface area contributed by atoms with Crippen LogP contribution in [0, 0.1) is 6.92 Å². The van der Waals surface area contributed by atoms with E-state index < -0.39 is 5.60 Å². The molecule has 0 saturated carbocycles. The quantitative estimate of drug-likeness (QED) is 0.694. The van der Waals surface area contributed by atoms with E-state index in [9.17, 15) is 5.11 Å². The number of aliphatic hydroxyl groups is 1. The van der Waals surface area contributed by atoms with Crippen molar-refractivity contribution in [3.8, 4) is 0 Å². The Morgan fingerprint density at radius 1 is 1.28 bits per heavy atom. The molecule has 1 unspecified atom stereocenters. The van der Waals surface area contributed by atoms with Crippen molar-refractivity contribution in [1.82, 2.24) is 9.97 Å². The smallest absolute Gasteiger partial charge is 0.224 e. The molecule has 1 aromatic heterocycles. The van der Waals surface area contributed by atoms with Crippen LogP contribution in [-0.4, -0.2) is 33.8 Å². The van der Waals surface area contributed by atoms with Gasteiger partial charge in [0.2, 0.25) is 5.95 Å². The van der Waals surface area contributed by atoms with Crippen molar-refractivity contribution < 1.29 is 5.11 Å². The molecule has 0 aliphatic carbocycles. The van der Waals surface area contributed by atoms with Gasteiger partial charge in [-0.15, -0.1) is 0 Å². The van der Waals surface area contributed by atoms with Crippen LogP contribution in [0.15, 0.2) is 6.07 Å². The summed E-state index contributed by atoms with van der Waals surface area (Å²) < 4.78 is 0. The molecule has 0 aliphatic rings. The molecular formula is C13H24N4O. The highest BCUT2D eigenvalue weighted by Gasteiger charge is 2.18. The summed E-state index contributed by atoms with van der Waals surface area (Å²) in [5.41, 5.74) is 0.199. The Kier molecular flexibility index (Phi) is 5.34. The molecule has 18 heavy (non-hydrogen) atoms. The lowest BCUT2D eigenvalue weighted by Gasteiger charge is -2.23. The SMILES string of the molecule is CCCC(C)(O)CNc1cc(C)nc(NCC)n1. The minimum Gasteiger partial charge on any atom is -0.388 e. The van der Waals surface area contributed by atoms with Crippen LogP contribution < -0.4 is 10.6 Å². The number of hydrogen-bond donors (Lipinski definition) is 3. The number of aromatic nitrogens is 2. The van der Waals surface area contributed by atoms with Gasteiger partial charge in [0.1, 0.15) is 5.82 Å². The van der Waals surface area contributed by atoms with Gasteiger partial charge in [-0.1, -0.05) is 13.3 Å². The Hall–Kier alpha value is -1.36. The fourth-order valence-electron chi connectivity index (χ4n) is 1.80. The molecule has 102 valence electrons. The summed E-state index contributed by atoms with van der Waals surface area (Å²) in [6, 6.07) is 1.88. The molecule has 0 spiro atoms. The van der Waals surface area contributed by atoms with Crippen LogP contribution in [0.3, 0.4) is 0 Å². The van der Waals surface area contributed by atoms with Crippen molar-refractivity contribution in [3.05, 3.63) is 11.8 Å². The third-order valence-corrected chi connectivity index (χ3v) is 2.63. The second kappa shape index (κ2) is 6.54. The Labute approximate surface area is 109 Å². The highest BCUT2D eigenvalue weighted by Crippen LogP contribution is 2.14. The van der Waals surface area contributed by atoms with Crippen molar-refractivity contribution in [1.29, 1.82) is 0 Å². The van der Waals surface area contributed by atoms with Gasteiger partial charge in [0.25, 0.3) is 0 Å². The van der Waals surface area contributed by atoms with E-state index in [0.717, 1.165) is 30.9 Å². The van der Waals surface area contributed by atoms with E-state index in [1.165, 1.54) is 0 Å². The lowest BCUT2D eigenvalue weighted by Crippen LogP contribution is -2.33. The van der Waals surface area contributed by atoms with Gasteiger partial charge >= 0.3 is 0 Å². The molecule has 0 amide bonds. The third-order valence-electron chi connectivity index (χ3n) is 2.63. The number of aryl methyl sites for hydroxylation is 1. The number of nitrogens with zero attached hydrogens (tertiary/aromatic N) is 2. The Bertz CT molecular complexity index is 379. The van der Waals surface area contributed by atoms with E-state index in [1.807, 2.05) is 26.8 Å². The first-order chi connectivity index (χ1) is 8.46. The minimum absolute atomic E-state index is 0.489. The first-order valence-electron chi connectivity index (χ1n) is 6.52. The van der Waals surface area contributed by atoms with Crippen molar-refractivity contribution in [2.75, 3.05) is 23.7 Å². The zero-order valence-corrected chi connectivity index (χ0v) is 11.7. The topological polar surface area (TPSA) is 70.1 Å². The average Bonchev–Trinajstić information content (AvgIpc) is 2.26. The maximum atomic E-state index is 10.1. The lowest BCUT2D eigenvalue weighted by molar-refractivity contribution is 0.0636. The summed E-state index contributed by atoms with van der Waals surface area (Å²) in [5.74, 6) is 1.37. The predicted molar refractivity (Wildman–Crippen MR) is 75.0 cm³/mol. The second-order valence-electron chi connectivity index (χ2n) is 4.85. The van der Waals surface area contributed by atoms with Crippen molar-refractivity contribution in [3.63, 3.8) is 0 Å². The molecule has 0 fully saturated rings. The maximum absolute atomic E-state index is 10.1. The van der Waals surface area contributed by atoms with E-state index in [4.69, 9.17) is 0 Å². The Morgan fingerprint density at radius 3 is 2.61 bits per heavy atom. The number of anilines is 2. The molecule has 1 aromatic rings. The second-order valence-corrected chi connectivity index (χ2v) is 4.85. The summed E-state index contributed by atoms with van der Waals surface area (Å²) in [4.78, 5) is 8.62.